The number of aromatic nitrogens is 2. The van der Waals surface area contributed by atoms with Crippen LogP contribution in [0, 0.1) is 0 Å². The van der Waals surface area contributed by atoms with E-state index in [1.54, 1.807) is 24.0 Å². The van der Waals surface area contributed by atoms with Gasteiger partial charge in [0.1, 0.15) is 5.82 Å². The number of urea groups is 1. The molecule has 10 heteroatoms. The van der Waals surface area contributed by atoms with E-state index in [9.17, 15) is 9.59 Å². The Labute approximate surface area is 186 Å². The topological polar surface area (TPSA) is 120 Å². The minimum Gasteiger partial charge on any atom is -0.395 e. The van der Waals surface area contributed by atoms with Crippen molar-refractivity contribution in [2.24, 2.45) is 0 Å². The van der Waals surface area contributed by atoms with Crippen LogP contribution in [0.5, 0.6) is 0 Å². The lowest BCUT2D eigenvalue weighted by Crippen LogP contribution is -2.40. The predicted molar refractivity (Wildman–Crippen MR) is 119 cm³/mol. The maximum absolute atomic E-state index is 11.9. The van der Waals surface area contributed by atoms with Crippen LogP contribution in [0.1, 0.15) is 18.2 Å². The average Bonchev–Trinajstić information content (AvgIpc) is 2.82. The summed E-state index contributed by atoms with van der Waals surface area (Å²) in [4.78, 5) is 37.5. The highest BCUT2D eigenvalue weighted by molar-refractivity contribution is 5.89. The van der Waals surface area contributed by atoms with E-state index in [1.807, 2.05) is 12.1 Å². The third kappa shape index (κ3) is 4.97. The van der Waals surface area contributed by atoms with E-state index in [4.69, 9.17) is 19.8 Å². The van der Waals surface area contributed by atoms with E-state index in [0.717, 1.165) is 42.1 Å². The molecule has 0 bridgehead atoms. The fourth-order valence-electron chi connectivity index (χ4n) is 3.89. The van der Waals surface area contributed by atoms with Gasteiger partial charge in [0.25, 0.3) is 0 Å². The summed E-state index contributed by atoms with van der Waals surface area (Å²) in [5, 5.41) is 14.1. The summed E-state index contributed by atoms with van der Waals surface area (Å²) in [6, 6.07) is 6.91. The zero-order valence-corrected chi connectivity index (χ0v) is 18.1. The fraction of sp³-hybridized carbons (Fsp3) is 0.455. The first-order chi connectivity index (χ1) is 15.5. The summed E-state index contributed by atoms with van der Waals surface area (Å²) in [6.45, 7) is 5.65. The number of nitrogens with zero attached hydrogens (tertiary/aromatic N) is 4. The number of carbonyl (C=O) groups excluding carboxylic acids is 2. The molecule has 1 aromatic heterocycles. The summed E-state index contributed by atoms with van der Waals surface area (Å²) in [5.74, 6) is 1.55. The maximum Gasteiger partial charge on any atom is 0.319 e. The van der Waals surface area contributed by atoms with E-state index >= 15 is 0 Å². The minimum atomic E-state index is -0.379. The van der Waals surface area contributed by atoms with Gasteiger partial charge in [0.15, 0.2) is 5.82 Å². The van der Waals surface area contributed by atoms with Gasteiger partial charge < -0.3 is 30.3 Å². The lowest BCUT2D eigenvalue weighted by molar-refractivity contribution is -0.129. The second kappa shape index (κ2) is 9.92. The number of hydrogen-bond acceptors (Lipinski definition) is 7. The Morgan fingerprint density at radius 1 is 1.12 bits per heavy atom. The lowest BCUT2D eigenvalue weighted by atomic mass is 10.0. The number of fused-ring (bicyclic) bond motifs is 1. The number of ether oxygens (including phenoxy) is 1. The quantitative estimate of drug-likeness (QED) is 0.634. The highest BCUT2D eigenvalue weighted by atomic mass is 16.5. The van der Waals surface area contributed by atoms with Gasteiger partial charge in [0.05, 0.1) is 32.1 Å². The molecule has 0 saturated carbocycles. The highest BCUT2D eigenvalue weighted by Gasteiger charge is 2.27. The number of nitrogens with one attached hydrogen (secondary N) is 2. The third-order valence-corrected chi connectivity index (χ3v) is 5.60. The van der Waals surface area contributed by atoms with Crippen molar-refractivity contribution in [3.63, 3.8) is 0 Å². The second-order valence-corrected chi connectivity index (χ2v) is 7.77. The van der Waals surface area contributed by atoms with Crippen molar-refractivity contribution in [2.45, 2.75) is 19.9 Å². The summed E-state index contributed by atoms with van der Waals surface area (Å²) >= 11 is 0. The number of benzene rings is 1. The van der Waals surface area contributed by atoms with E-state index < -0.39 is 0 Å². The number of aliphatic hydroxyl groups excluding tert-OH is 1. The SMILES string of the molecule is CC(=O)N1CCc2c(nc(-c3ccc(NC(=O)NCCO)cc3)nc2N2CCOCC2)C1. The zero-order chi connectivity index (χ0) is 22.5. The smallest absolute Gasteiger partial charge is 0.319 e. The maximum atomic E-state index is 11.9. The van der Waals surface area contributed by atoms with E-state index in [1.165, 1.54) is 0 Å². The molecule has 2 aliphatic heterocycles. The van der Waals surface area contributed by atoms with E-state index in [2.05, 4.69) is 15.5 Å². The van der Waals surface area contributed by atoms with E-state index in [-0.39, 0.29) is 25.1 Å². The van der Waals surface area contributed by atoms with Crippen molar-refractivity contribution < 1.29 is 19.4 Å². The molecule has 1 fully saturated rings. The van der Waals surface area contributed by atoms with Gasteiger partial charge >= 0.3 is 6.03 Å². The first kappa shape index (κ1) is 22.0. The number of aliphatic hydroxyl groups is 1. The largest absolute Gasteiger partial charge is 0.395 e. The van der Waals surface area contributed by atoms with Crippen LogP contribution in [0.2, 0.25) is 0 Å². The van der Waals surface area contributed by atoms with Crippen LogP contribution in [-0.2, 0) is 22.5 Å². The van der Waals surface area contributed by atoms with Crippen molar-refractivity contribution in [1.82, 2.24) is 20.2 Å². The first-order valence-electron chi connectivity index (χ1n) is 10.8. The Kier molecular flexibility index (Phi) is 6.81. The molecule has 0 atom stereocenters. The lowest BCUT2D eigenvalue weighted by Gasteiger charge is -2.34. The number of amides is 3. The molecule has 2 aromatic rings. The Morgan fingerprint density at radius 2 is 1.88 bits per heavy atom. The molecule has 4 rings (SSSR count). The van der Waals surface area contributed by atoms with Gasteiger partial charge in [-0.25, -0.2) is 14.8 Å². The van der Waals surface area contributed by atoms with Crippen molar-refractivity contribution in [3.05, 3.63) is 35.5 Å². The fourth-order valence-corrected chi connectivity index (χ4v) is 3.89. The molecular formula is C22H28N6O4. The van der Waals surface area contributed by atoms with Crippen LogP contribution >= 0.6 is 0 Å². The minimum absolute atomic E-state index is 0.0404. The highest BCUT2D eigenvalue weighted by Crippen LogP contribution is 2.30. The normalized spacial score (nSPS) is 15.8. The number of morpholine rings is 1. The second-order valence-electron chi connectivity index (χ2n) is 7.77. The molecule has 1 aromatic carbocycles. The molecular weight excluding hydrogens is 412 g/mol. The average molecular weight is 441 g/mol. The standard InChI is InChI=1S/C22H28N6O4/c1-15(30)28-8-6-18-19(14-28)25-20(26-21(18)27-9-12-32-13-10-27)16-2-4-17(5-3-16)24-22(31)23-7-11-29/h2-5,29H,6-14H2,1H3,(H2,23,24,31). The number of carbonyl (C=O) groups is 2. The van der Waals surface area contributed by atoms with Crippen LogP contribution in [-0.4, -0.2) is 77.9 Å². The van der Waals surface area contributed by atoms with E-state index in [0.29, 0.717) is 37.8 Å². The Balaban J connectivity index is 1.62. The van der Waals surface area contributed by atoms with Crippen molar-refractivity contribution >= 4 is 23.4 Å². The van der Waals surface area contributed by atoms with Crippen LogP contribution in [0.25, 0.3) is 11.4 Å². The summed E-state index contributed by atoms with van der Waals surface area (Å²) < 4.78 is 5.51. The van der Waals surface area contributed by atoms with Crippen molar-refractivity contribution in [3.8, 4) is 11.4 Å². The predicted octanol–water partition coefficient (Wildman–Crippen LogP) is 0.999. The molecule has 3 heterocycles. The van der Waals surface area contributed by atoms with Crippen molar-refractivity contribution in [2.75, 3.05) is 56.2 Å². The molecule has 3 N–H and O–H groups in total. The van der Waals surface area contributed by atoms with Gasteiger partial charge in [0.2, 0.25) is 5.91 Å². The van der Waals surface area contributed by atoms with Crippen LogP contribution in [0.15, 0.2) is 24.3 Å². The van der Waals surface area contributed by atoms with Crippen molar-refractivity contribution in [1.29, 1.82) is 0 Å². The molecule has 0 aliphatic carbocycles. The zero-order valence-electron chi connectivity index (χ0n) is 18.1. The summed E-state index contributed by atoms with van der Waals surface area (Å²) in [5.41, 5.74) is 3.43. The van der Waals surface area contributed by atoms with Gasteiger partial charge in [-0.15, -0.1) is 0 Å². The molecule has 1 saturated heterocycles. The monoisotopic (exact) mass is 440 g/mol. The van der Waals surface area contributed by atoms with Gasteiger partial charge in [-0.1, -0.05) is 0 Å². The number of anilines is 2. The molecule has 0 unspecified atom stereocenters. The van der Waals surface area contributed by atoms with Gasteiger partial charge in [0, 0.05) is 49.9 Å². The Hall–Kier alpha value is -3.24. The molecule has 10 nitrogen and oxygen atoms in total. The van der Waals surface area contributed by atoms with Gasteiger partial charge in [-0.05, 0) is 30.7 Å². The number of rotatable bonds is 5. The van der Waals surface area contributed by atoms with Gasteiger partial charge in [-0.2, -0.15) is 0 Å². The molecule has 2 aliphatic rings. The third-order valence-electron chi connectivity index (χ3n) is 5.60. The number of hydrogen-bond donors (Lipinski definition) is 3. The van der Waals surface area contributed by atoms with Crippen LogP contribution in [0.3, 0.4) is 0 Å². The summed E-state index contributed by atoms with van der Waals surface area (Å²) in [6.07, 6.45) is 0.730. The first-order valence-corrected chi connectivity index (χ1v) is 10.8. The molecule has 32 heavy (non-hydrogen) atoms. The Morgan fingerprint density at radius 3 is 2.56 bits per heavy atom. The van der Waals surface area contributed by atoms with Crippen LogP contribution < -0.4 is 15.5 Å². The molecule has 0 spiro atoms. The Bertz CT molecular complexity index is 975. The van der Waals surface area contributed by atoms with Crippen LogP contribution in [0.4, 0.5) is 16.3 Å². The molecule has 3 amide bonds. The molecule has 0 radical (unpaired) electrons. The molecule has 170 valence electrons. The van der Waals surface area contributed by atoms with Gasteiger partial charge in [-0.3, -0.25) is 4.79 Å². The summed E-state index contributed by atoms with van der Waals surface area (Å²) in [7, 11) is 0.